The molecule has 0 aromatic heterocycles. The Morgan fingerprint density at radius 1 is 0.429 bits per heavy atom. The van der Waals surface area contributed by atoms with Crippen LogP contribution in [0, 0.1) is 6.92 Å². The Morgan fingerprint density at radius 3 is 1.50 bits per heavy atom. The predicted octanol–water partition coefficient (Wildman–Crippen LogP) is 15.1. The van der Waals surface area contributed by atoms with E-state index in [0.29, 0.717) is 0 Å². The van der Waals surface area contributed by atoms with Crippen LogP contribution in [0.1, 0.15) is 126 Å². The van der Waals surface area contributed by atoms with E-state index in [2.05, 4.69) is 253 Å². The van der Waals surface area contributed by atoms with Gasteiger partial charge in [-0.1, -0.05) is 183 Å². The minimum Gasteiger partial charge on any atom is -0.334 e. The van der Waals surface area contributed by atoms with E-state index in [1.165, 1.54) is 126 Å². The lowest BCUT2D eigenvalue weighted by molar-refractivity contribution is 0.195. The second kappa shape index (κ2) is 14.9. The van der Waals surface area contributed by atoms with Gasteiger partial charge in [-0.05, 0) is 153 Å². The number of fused-ring (bicyclic) bond motifs is 3. The summed E-state index contributed by atoms with van der Waals surface area (Å²) in [5.74, 6) is 0. The molecule has 3 nitrogen and oxygen atoms in total. The summed E-state index contributed by atoms with van der Waals surface area (Å²) < 4.78 is 0. The Labute approximate surface area is 416 Å². The highest BCUT2D eigenvalue weighted by molar-refractivity contribution is 7.01. The SMILES string of the molecule is Cc1cc2c3c(c1)C(c1ccccc1)(c1ccccc1)c1cccc4c1B3c1c(cc(N3c5ccccc5C5(C)CCCCC35C)cc1N2c1ccc(C(C)(C)C)cc1)N4c1ccc(C(C)(C)C)cc1. The Bertz CT molecular complexity index is 3360. The van der Waals surface area contributed by atoms with E-state index < -0.39 is 5.41 Å². The normalized spacial score (nSPS) is 20.2. The van der Waals surface area contributed by atoms with Crippen LogP contribution in [0.5, 0.6) is 0 Å². The molecule has 1 saturated carbocycles. The molecule has 5 aliphatic rings. The predicted molar refractivity (Wildman–Crippen MR) is 297 cm³/mol. The highest BCUT2D eigenvalue weighted by Crippen LogP contribution is 2.62. The smallest absolute Gasteiger partial charge is 0.253 e. The number of anilines is 8. The highest BCUT2D eigenvalue weighted by atomic mass is 15.3. The second-order valence-corrected chi connectivity index (χ2v) is 23.7. The first-order valence-electron chi connectivity index (χ1n) is 25.9. The zero-order chi connectivity index (χ0) is 48.1. The van der Waals surface area contributed by atoms with Gasteiger partial charge in [-0.2, -0.15) is 0 Å². The first-order valence-corrected chi connectivity index (χ1v) is 25.9. The first kappa shape index (κ1) is 43.3. The average molecular weight is 910 g/mol. The van der Waals surface area contributed by atoms with E-state index in [1.54, 1.807) is 0 Å². The number of hydrogen-bond acceptors (Lipinski definition) is 3. The standard InChI is InChI=1S/C66H64BN3/c1-43-39-53-60-56(40-43)69(49-35-31-45(32-36-49)63(5,6)7)58-42-50(70-54-27-17-16-25-51(54)64(8)37-18-19-38-65(64,70)9)41-57-61(58)67(60)59-52(66(53,46-21-12-10-13-22-46)47-23-14-11-15-24-47)26-20-28-55(59)68(57)48-33-29-44(30-34-48)62(2,3)4/h10-17,20-36,39-42H,18-19,37-38H2,1-9H3. The summed E-state index contributed by atoms with van der Waals surface area (Å²) in [6.07, 6.45) is 4.81. The van der Waals surface area contributed by atoms with Crippen molar-refractivity contribution >= 4 is 68.6 Å². The van der Waals surface area contributed by atoms with Crippen molar-refractivity contribution in [2.24, 2.45) is 0 Å². The summed E-state index contributed by atoms with van der Waals surface area (Å²) in [4.78, 5) is 8.11. The molecule has 346 valence electrons. The number of aryl methyl sites for hydroxylation is 1. The van der Waals surface area contributed by atoms with E-state index >= 15 is 0 Å². The fourth-order valence-corrected chi connectivity index (χ4v) is 14.2. The number of para-hydroxylation sites is 1. The van der Waals surface area contributed by atoms with E-state index in [4.69, 9.17) is 0 Å². The molecule has 2 atom stereocenters. The van der Waals surface area contributed by atoms with Crippen molar-refractivity contribution in [3.8, 4) is 0 Å². The van der Waals surface area contributed by atoms with Crippen molar-refractivity contribution in [3.05, 3.63) is 220 Å². The van der Waals surface area contributed by atoms with Gasteiger partial charge in [0.15, 0.2) is 0 Å². The van der Waals surface area contributed by atoms with Gasteiger partial charge in [0.2, 0.25) is 0 Å². The Morgan fingerprint density at radius 2 is 0.914 bits per heavy atom. The van der Waals surface area contributed by atoms with Gasteiger partial charge in [-0.3, -0.25) is 0 Å². The van der Waals surface area contributed by atoms with Crippen molar-refractivity contribution in [2.75, 3.05) is 14.7 Å². The molecule has 8 aromatic rings. The van der Waals surface area contributed by atoms with Gasteiger partial charge in [-0.15, -0.1) is 0 Å². The van der Waals surface area contributed by atoms with Gasteiger partial charge in [0.1, 0.15) is 0 Å². The topological polar surface area (TPSA) is 9.72 Å². The van der Waals surface area contributed by atoms with Gasteiger partial charge in [0.25, 0.3) is 6.71 Å². The van der Waals surface area contributed by atoms with Crippen LogP contribution in [0.2, 0.25) is 0 Å². The van der Waals surface area contributed by atoms with Crippen molar-refractivity contribution < 1.29 is 0 Å². The lowest BCUT2D eigenvalue weighted by Gasteiger charge is -2.53. The molecule has 4 heterocycles. The molecular weight excluding hydrogens is 846 g/mol. The zero-order valence-corrected chi connectivity index (χ0v) is 42.5. The highest BCUT2D eigenvalue weighted by Gasteiger charge is 2.59. The van der Waals surface area contributed by atoms with Crippen LogP contribution in [0.25, 0.3) is 0 Å². The minimum absolute atomic E-state index is 0.00649. The van der Waals surface area contributed by atoms with Gasteiger partial charge < -0.3 is 14.7 Å². The Balaban J connectivity index is 1.20. The van der Waals surface area contributed by atoms with Crippen molar-refractivity contribution in [1.82, 2.24) is 0 Å². The third-order valence-corrected chi connectivity index (χ3v) is 17.8. The van der Waals surface area contributed by atoms with Crippen LogP contribution in [0.3, 0.4) is 0 Å². The maximum absolute atomic E-state index is 2.79. The molecule has 0 amide bonds. The molecule has 0 radical (unpaired) electrons. The summed E-state index contributed by atoms with van der Waals surface area (Å²) in [5, 5.41) is 0. The van der Waals surface area contributed by atoms with E-state index in [9.17, 15) is 0 Å². The van der Waals surface area contributed by atoms with E-state index in [1.807, 2.05) is 0 Å². The first-order chi connectivity index (χ1) is 33.6. The van der Waals surface area contributed by atoms with Crippen molar-refractivity contribution in [3.63, 3.8) is 0 Å². The molecule has 70 heavy (non-hydrogen) atoms. The molecule has 13 rings (SSSR count). The molecule has 8 aromatic carbocycles. The molecular formula is C66H64BN3. The van der Waals surface area contributed by atoms with Gasteiger partial charge in [0, 0.05) is 50.9 Å². The van der Waals surface area contributed by atoms with E-state index in [0.717, 1.165) is 6.42 Å². The van der Waals surface area contributed by atoms with Crippen molar-refractivity contribution in [2.45, 2.75) is 115 Å². The second-order valence-electron chi connectivity index (χ2n) is 23.7. The van der Waals surface area contributed by atoms with Crippen LogP contribution < -0.4 is 31.1 Å². The van der Waals surface area contributed by atoms with Crippen LogP contribution in [0.4, 0.5) is 45.5 Å². The molecule has 0 saturated heterocycles. The zero-order valence-electron chi connectivity index (χ0n) is 42.5. The quantitative estimate of drug-likeness (QED) is 0.159. The summed E-state index contributed by atoms with van der Waals surface area (Å²) >= 11 is 0. The molecule has 1 aliphatic carbocycles. The fourth-order valence-electron chi connectivity index (χ4n) is 14.2. The lowest BCUT2D eigenvalue weighted by Crippen LogP contribution is -2.68. The van der Waals surface area contributed by atoms with Crippen LogP contribution in [-0.4, -0.2) is 12.3 Å². The molecule has 0 N–H and O–H groups in total. The third kappa shape index (κ3) is 5.77. The molecule has 1 fully saturated rings. The van der Waals surface area contributed by atoms with Crippen LogP contribution >= 0.6 is 0 Å². The largest absolute Gasteiger partial charge is 0.334 e. The summed E-state index contributed by atoms with van der Waals surface area (Å²) in [6, 6.07) is 68.7. The molecule has 2 unspecified atom stereocenters. The molecule has 0 bridgehead atoms. The fraction of sp³-hybridized carbons (Fsp3) is 0.273. The Kier molecular flexibility index (Phi) is 9.19. The average Bonchev–Trinajstić information content (AvgIpc) is 3.57. The van der Waals surface area contributed by atoms with Gasteiger partial charge >= 0.3 is 0 Å². The third-order valence-electron chi connectivity index (χ3n) is 17.8. The van der Waals surface area contributed by atoms with Crippen molar-refractivity contribution in [1.29, 1.82) is 0 Å². The lowest BCUT2D eigenvalue weighted by atomic mass is 9.28. The Hall–Kier alpha value is -6.78. The maximum Gasteiger partial charge on any atom is 0.253 e. The van der Waals surface area contributed by atoms with Gasteiger partial charge in [0.05, 0.1) is 11.0 Å². The molecule has 4 aliphatic heterocycles. The minimum atomic E-state index is -0.599. The summed E-state index contributed by atoms with van der Waals surface area (Å²) in [5.41, 5.74) is 24.3. The summed E-state index contributed by atoms with van der Waals surface area (Å²) in [7, 11) is 0. The molecule has 0 spiro atoms. The van der Waals surface area contributed by atoms with Crippen LogP contribution in [0.15, 0.2) is 176 Å². The number of hydrogen-bond donors (Lipinski definition) is 0. The number of benzene rings is 8. The molecule has 4 heteroatoms. The monoisotopic (exact) mass is 910 g/mol. The number of nitrogens with zero attached hydrogens (tertiary/aromatic N) is 3. The van der Waals surface area contributed by atoms with Gasteiger partial charge in [-0.25, -0.2) is 0 Å². The summed E-state index contributed by atoms with van der Waals surface area (Å²) in [6.45, 7) is 21.4. The number of rotatable bonds is 5. The van der Waals surface area contributed by atoms with Crippen LogP contribution in [-0.2, 0) is 21.7 Å². The van der Waals surface area contributed by atoms with E-state index in [-0.39, 0.29) is 28.5 Å². The maximum atomic E-state index is 2.79.